The predicted molar refractivity (Wildman–Crippen MR) is 41.7 cm³/mol. The summed E-state index contributed by atoms with van der Waals surface area (Å²) < 4.78 is 0. The van der Waals surface area contributed by atoms with Crippen molar-refractivity contribution in [1.29, 1.82) is 5.53 Å². The Morgan fingerprint density at radius 3 is 2.60 bits per heavy atom. The minimum absolute atomic E-state index is 0.564. The average Bonchev–Trinajstić information content (AvgIpc) is 1.86. The third-order valence-electron chi connectivity index (χ3n) is 1.07. The molecule has 3 heteroatoms. The van der Waals surface area contributed by atoms with Gasteiger partial charge in [0.05, 0.1) is 5.70 Å². The maximum absolute atomic E-state index is 6.77. The van der Waals surface area contributed by atoms with Gasteiger partial charge in [-0.25, -0.2) is 5.53 Å². The summed E-state index contributed by atoms with van der Waals surface area (Å²) in [6, 6.07) is 0. The molecule has 10 heavy (non-hydrogen) atoms. The van der Waals surface area contributed by atoms with Crippen LogP contribution in [0.1, 0.15) is 20.3 Å². The molecular formula is C7H15N3. The topological polar surface area (TPSA) is 48.2 Å². The molecule has 0 aliphatic carbocycles. The highest BCUT2D eigenvalue weighted by Crippen LogP contribution is 2.09. The molecule has 0 bridgehead atoms. The molecule has 3 nitrogen and oxygen atoms in total. The highest BCUT2D eigenvalue weighted by atomic mass is 15.0. The largest absolute Gasteiger partial charge is 0.392 e. The lowest BCUT2D eigenvalue weighted by Gasteiger charge is -2.02. The smallest absolute Gasteiger partial charge is 0.0782 e. The Kier molecular flexibility index (Phi) is 4.54. The van der Waals surface area contributed by atoms with Crippen LogP contribution in [-0.2, 0) is 0 Å². The van der Waals surface area contributed by atoms with Crippen LogP contribution in [0.15, 0.2) is 17.0 Å². The molecular weight excluding hydrogens is 126 g/mol. The van der Waals surface area contributed by atoms with Crippen LogP contribution in [-0.4, -0.2) is 7.05 Å². The van der Waals surface area contributed by atoms with E-state index in [1.54, 1.807) is 6.20 Å². The molecule has 0 radical (unpaired) electrons. The van der Waals surface area contributed by atoms with Gasteiger partial charge in [0.2, 0.25) is 0 Å². The highest BCUT2D eigenvalue weighted by molar-refractivity contribution is 4.96. The maximum Gasteiger partial charge on any atom is 0.0782 e. The number of nitrogens with zero attached hydrogens (tertiary/aromatic N) is 1. The molecule has 0 aliphatic rings. The van der Waals surface area contributed by atoms with E-state index in [0.29, 0.717) is 5.92 Å². The fraction of sp³-hybridized carbons (Fsp3) is 0.714. The van der Waals surface area contributed by atoms with Crippen LogP contribution in [0.25, 0.3) is 0 Å². The summed E-state index contributed by atoms with van der Waals surface area (Å²) in [4.78, 5) is 0. The van der Waals surface area contributed by atoms with Gasteiger partial charge in [-0.05, 0) is 12.3 Å². The Morgan fingerprint density at radius 2 is 2.30 bits per heavy atom. The van der Waals surface area contributed by atoms with Crippen molar-refractivity contribution < 1.29 is 0 Å². The molecule has 0 spiro atoms. The van der Waals surface area contributed by atoms with Crippen molar-refractivity contribution in [1.82, 2.24) is 5.32 Å². The Balaban J connectivity index is 3.83. The summed E-state index contributed by atoms with van der Waals surface area (Å²) in [7, 11) is 1.81. The second-order valence-corrected chi connectivity index (χ2v) is 2.63. The summed E-state index contributed by atoms with van der Waals surface area (Å²) in [5, 5.41) is 6.21. The van der Waals surface area contributed by atoms with Crippen molar-refractivity contribution >= 4 is 0 Å². The summed E-state index contributed by atoms with van der Waals surface area (Å²) in [5.74, 6) is 0.564. The van der Waals surface area contributed by atoms with Gasteiger partial charge in [0.25, 0.3) is 0 Å². The zero-order valence-electron chi connectivity index (χ0n) is 6.81. The van der Waals surface area contributed by atoms with Gasteiger partial charge in [-0.15, -0.1) is 0 Å². The van der Waals surface area contributed by atoms with Gasteiger partial charge < -0.3 is 5.32 Å². The summed E-state index contributed by atoms with van der Waals surface area (Å²) in [5.41, 5.74) is 7.58. The van der Waals surface area contributed by atoms with Crippen molar-refractivity contribution in [3.05, 3.63) is 11.9 Å². The van der Waals surface area contributed by atoms with E-state index in [4.69, 9.17) is 5.53 Å². The first kappa shape index (κ1) is 9.14. The Labute approximate surface area is 62.0 Å². The minimum atomic E-state index is 0.564. The lowest BCUT2D eigenvalue weighted by atomic mass is 10.1. The molecule has 0 atom stereocenters. The van der Waals surface area contributed by atoms with E-state index >= 15 is 0 Å². The third-order valence-corrected chi connectivity index (χ3v) is 1.07. The van der Waals surface area contributed by atoms with Gasteiger partial charge in [-0.1, -0.05) is 13.8 Å². The first-order chi connectivity index (χ1) is 4.70. The van der Waals surface area contributed by atoms with E-state index in [1.165, 1.54) is 0 Å². The Hall–Kier alpha value is -0.860. The quantitative estimate of drug-likeness (QED) is 0.579. The van der Waals surface area contributed by atoms with E-state index in [0.717, 1.165) is 12.1 Å². The van der Waals surface area contributed by atoms with Crippen molar-refractivity contribution in [2.45, 2.75) is 20.3 Å². The number of rotatable bonds is 4. The maximum atomic E-state index is 6.77. The van der Waals surface area contributed by atoms with E-state index in [-0.39, 0.29) is 0 Å². The van der Waals surface area contributed by atoms with Crippen LogP contribution in [0, 0.1) is 11.4 Å². The summed E-state index contributed by atoms with van der Waals surface area (Å²) >= 11 is 0. The van der Waals surface area contributed by atoms with E-state index < -0.39 is 0 Å². The van der Waals surface area contributed by atoms with Gasteiger partial charge in [0.15, 0.2) is 0 Å². The molecule has 0 aromatic carbocycles. The third kappa shape index (κ3) is 4.06. The molecule has 58 valence electrons. The summed E-state index contributed by atoms with van der Waals surface area (Å²) in [6.45, 7) is 4.21. The van der Waals surface area contributed by atoms with Crippen LogP contribution in [0.3, 0.4) is 0 Å². The van der Waals surface area contributed by atoms with Crippen LogP contribution in [0.2, 0.25) is 0 Å². The number of nitrogens with one attached hydrogen (secondary N) is 2. The van der Waals surface area contributed by atoms with Crippen molar-refractivity contribution in [2.24, 2.45) is 11.0 Å². The molecule has 0 rings (SSSR count). The zero-order valence-corrected chi connectivity index (χ0v) is 6.81. The monoisotopic (exact) mass is 141 g/mol. The molecule has 0 heterocycles. The molecule has 2 N–H and O–H groups in total. The van der Waals surface area contributed by atoms with Gasteiger partial charge in [0.1, 0.15) is 0 Å². The fourth-order valence-corrected chi connectivity index (χ4v) is 0.722. The number of hydrogen-bond acceptors (Lipinski definition) is 3. The molecule has 0 amide bonds. The van der Waals surface area contributed by atoms with Gasteiger partial charge in [-0.3, -0.25) is 0 Å². The minimum Gasteiger partial charge on any atom is -0.392 e. The Bertz CT molecular complexity index is 127. The van der Waals surface area contributed by atoms with Crippen LogP contribution >= 0.6 is 0 Å². The summed E-state index contributed by atoms with van der Waals surface area (Å²) in [6.07, 6.45) is 2.62. The van der Waals surface area contributed by atoms with Crippen molar-refractivity contribution in [3.8, 4) is 0 Å². The highest BCUT2D eigenvalue weighted by Gasteiger charge is 1.97. The Morgan fingerprint density at radius 1 is 1.70 bits per heavy atom. The van der Waals surface area contributed by atoms with Gasteiger partial charge in [0, 0.05) is 13.2 Å². The zero-order chi connectivity index (χ0) is 7.98. The molecule has 0 saturated heterocycles. The van der Waals surface area contributed by atoms with Gasteiger partial charge in [-0.2, -0.15) is 5.11 Å². The molecule has 0 aromatic heterocycles. The molecule has 0 aliphatic heterocycles. The van der Waals surface area contributed by atoms with Crippen molar-refractivity contribution in [2.75, 3.05) is 7.05 Å². The lowest BCUT2D eigenvalue weighted by molar-refractivity contribution is 0.627. The van der Waals surface area contributed by atoms with Crippen LogP contribution in [0.4, 0.5) is 0 Å². The second-order valence-electron chi connectivity index (χ2n) is 2.63. The van der Waals surface area contributed by atoms with Gasteiger partial charge >= 0.3 is 0 Å². The molecule has 0 aromatic rings. The van der Waals surface area contributed by atoms with E-state index in [1.807, 2.05) is 7.05 Å². The first-order valence-electron chi connectivity index (χ1n) is 3.44. The molecule has 0 fully saturated rings. The first-order valence-corrected chi connectivity index (χ1v) is 3.44. The number of allylic oxidation sites excluding steroid dienone is 1. The standard InChI is InChI=1S/C7H15N3/c1-6(2)4-7(10-8)5-9-3/h5-6,8-9H,4H2,1-3H3/b7-5-,10-8?. The van der Waals surface area contributed by atoms with Crippen molar-refractivity contribution in [3.63, 3.8) is 0 Å². The lowest BCUT2D eigenvalue weighted by Crippen LogP contribution is -1.97. The van der Waals surface area contributed by atoms with Crippen LogP contribution < -0.4 is 5.32 Å². The normalized spacial score (nSPS) is 11.8. The fourth-order valence-electron chi connectivity index (χ4n) is 0.722. The average molecular weight is 141 g/mol. The number of hydrogen-bond donors (Lipinski definition) is 2. The molecule has 0 unspecified atom stereocenters. The second kappa shape index (κ2) is 4.97. The van der Waals surface area contributed by atoms with E-state index in [9.17, 15) is 0 Å². The van der Waals surface area contributed by atoms with Crippen LogP contribution in [0.5, 0.6) is 0 Å². The SMILES string of the molecule is CN/C=C(/CC(C)C)N=N. The predicted octanol–water partition coefficient (Wildman–Crippen LogP) is 2.12. The van der Waals surface area contributed by atoms with E-state index in [2.05, 4.69) is 24.3 Å². The molecule has 0 saturated carbocycles.